The Morgan fingerprint density at radius 1 is 1.09 bits per heavy atom. The number of rotatable bonds is 4. The first-order valence-corrected chi connectivity index (χ1v) is 11.3. The van der Waals surface area contributed by atoms with Gasteiger partial charge < -0.3 is 19.9 Å². The Bertz CT molecular complexity index is 1190. The number of nitrogens with zero attached hydrogens (tertiary/aromatic N) is 4. The predicted octanol–water partition coefficient (Wildman–Crippen LogP) is 2.46. The Hall–Kier alpha value is -3.52. The number of morpholine rings is 1. The number of aromatic nitrogens is 2. The van der Waals surface area contributed by atoms with Crippen LogP contribution in [0.25, 0.3) is 10.9 Å². The van der Waals surface area contributed by atoms with Crippen molar-refractivity contribution in [2.75, 3.05) is 51.3 Å². The van der Waals surface area contributed by atoms with E-state index in [0.717, 1.165) is 41.9 Å². The third-order valence-electron chi connectivity index (χ3n) is 6.43. The van der Waals surface area contributed by atoms with Gasteiger partial charge in [-0.2, -0.15) is 0 Å². The molecule has 2 saturated heterocycles. The molecular weight excluding hydrogens is 418 g/mol. The van der Waals surface area contributed by atoms with Gasteiger partial charge in [0.25, 0.3) is 11.8 Å². The molecule has 3 aromatic rings. The standard InChI is InChI=1S/C25H27N5O3/c1-26-24(31)20-15-22(28-21-5-3-2-4-19(20)21)18-7-9-30(16-18)25(32)17-6-8-27-23(14-17)29-10-12-33-13-11-29/h2-6,8,14-15,18H,7,9-13,16H2,1H3,(H,26,31). The minimum atomic E-state index is -0.131. The number of pyridine rings is 2. The molecule has 4 heterocycles. The number of carbonyl (C=O) groups is 2. The summed E-state index contributed by atoms with van der Waals surface area (Å²) in [5.41, 5.74) is 2.91. The van der Waals surface area contributed by atoms with E-state index in [1.54, 1.807) is 19.3 Å². The minimum absolute atomic E-state index is 0.00160. The molecule has 170 valence electrons. The Kier molecular flexibility index (Phi) is 5.92. The van der Waals surface area contributed by atoms with Crippen molar-refractivity contribution in [3.05, 3.63) is 65.5 Å². The van der Waals surface area contributed by atoms with E-state index < -0.39 is 0 Å². The van der Waals surface area contributed by atoms with Crippen molar-refractivity contribution in [3.63, 3.8) is 0 Å². The topological polar surface area (TPSA) is 87.7 Å². The first-order chi connectivity index (χ1) is 16.1. The number of amides is 2. The van der Waals surface area contributed by atoms with Gasteiger partial charge in [0.1, 0.15) is 5.82 Å². The van der Waals surface area contributed by atoms with Crippen molar-refractivity contribution < 1.29 is 14.3 Å². The maximum Gasteiger partial charge on any atom is 0.254 e. The summed E-state index contributed by atoms with van der Waals surface area (Å²) in [6, 6.07) is 13.2. The maximum atomic E-state index is 13.3. The van der Waals surface area contributed by atoms with E-state index in [1.807, 2.05) is 41.3 Å². The minimum Gasteiger partial charge on any atom is -0.378 e. The number of anilines is 1. The Balaban J connectivity index is 1.36. The second-order valence-electron chi connectivity index (χ2n) is 8.43. The van der Waals surface area contributed by atoms with Crippen molar-refractivity contribution in [1.29, 1.82) is 0 Å². The van der Waals surface area contributed by atoms with Crippen LogP contribution < -0.4 is 10.2 Å². The molecule has 8 heteroatoms. The van der Waals surface area contributed by atoms with E-state index in [1.165, 1.54) is 0 Å². The summed E-state index contributed by atoms with van der Waals surface area (Å²) in [5.74, 6) is 0.767. The molecule has 0 saturated carbocycles. The quantitative estimate of drug-likeness (QED) is 0.664. The Labute approximate surface area is 192 Å². The molecule has 0 aliphatic carbocycles. The molecule has 5 rings (SSSR count). The summed E-state index contributed by atoms with van der Waals surface area (Å²) in [5, 5.41) is 3.56. The number of ether oxygens (including phenoxy) is 1. The highest BCUT2D eigenvalue weighted by atomic mass is 16.5. The molecule has 0 bridgehead atoms. The maximum absolute atomic E-state index is 13.3. The van der Waals surface area contributed by atoms with Crippen LogP contribution in [-0.2, 0) is 4.74 Å². The van der Waals surface area contributed by atoms with Gasteiger partial charge in [-0.25, -0.2) is 4.98 Å². The van der Waals surface area contributed by atoms with E-state index >= 15 is 0 Å². The lowest BCUT2D eigenvalue weighted by molar-refractivity contribution is 0.0790. The lowest BCUT2D eigenvalue weighted by Crippen LogP contribution is -2.37. The van der Waals surface area contributed by atoms with Crippen molar-refractivity contribution in [2.24, 2.45) is 0 Å². The fourth-order valence-corrected chi connectivity index (χ4v) is 4.61. The van der Waals surface area contributed by atoms with Crippen LogP contribution in [0.5, 0.6) is 0 Å². The van der Waals surface area contributed by atoms with Gasteiger partial charge in [-0.1, -0.05) is 18.2 Å². The monoisotopic (exact) mass is 445 g/mol. The molecule has 8 nitrogen and oxygen atoms in total. The van der Waals surface area contributed by atoms with Gasteiger partial charge in [0.15, 0.2) is 0 Å². The summed E-state index contributed by atoms with van der Waals surface area (Å²) in [6.45, 7) is 4.12. The van der Waals surface area contributed by atoms with Crippen molar-refractivity contribution in [2.45, 2.75) is 12.3 Å². The van der Waals surface area contributed by atoms with Gasteiger partial charge in [0.05, 0.1) is 24.3 Å². The molecule has 2 amide bonds. The van der Waals surface area contributed by atoms with Crippen molar-refractivity contribution >= 4 is 28.5 Å². The first-order valence-electron chi connectivity index (χ1n) is 11.3. The zero-order valence-electron chi connectivity index (χ0n) is 18.7. The summed E-state index contributed by atoms with van der Waals surface area (Å²) in [4.78, 5) is 39.1. The number of fused-ring (bicyclic) bond motifs is 1. The smallest absolute Gasteiger partial charge is 0.254 e. The lowest BCUT2D eigenvalue weighted by Gasteiger charge is -2.28. The van der Waals surface area contributed by atoms with Crippen molar-refractivity contribution in [3.8, 4) is 0 Å². The fourth-order valence-electron chi connectivity index (χ4n) is 4.61. The number of nitrogens with one attached hydrogen (secondary N) is 1. The SMILES string of the molecule is CNC(=O)c1cc(C2CCN(C(=O)c3ccnc(N4CCOCC4)c3)C2)nc2ccccc12. The lowest BCUT2D eigenvalue weighted by atomic mass is 9.99. The van der Waals surface area contributed by atoms with E-state index in [4.69, 9.17) is 9.72 Å². The zero-order valence-corrected chi connectivity index (χ0v) is 18.7. The molecule has 1 atom stereocenters. The Morgan fingerprint density at radius 3 is 2.73 bits per heavy atom. The van der Waals surface area contributed by atoms with E-state index in [0.29, 0.717) is 37.4 Å². The molecule has 0 spiro atoms. The summed E-state index contributed by atoms with van der Waals surface area (Å²) < 4.78 is 5.42. The van der Waals surface area contributed by atoms with Crippen LogP contribution in [0.1, 0.15) is 38.7 Å². The molecule has 0 radical (unpaired) electrons. The van der Waals surface area contributed by atoms with E-state index in [2.05, 4.69) is 15.2 Å². The normalized spacial score (nSPS) is 18.5. The highest BCUT2D eigenvalue weighted by molar-refractivity contribution is 6.06. The van der Waals surface area contributed by atoms with Gasteiger partial charge >= 0.3 is 0 Å². The predicted molar refractivity (Wildman–Crippen MR) is 126 cm³/mol. The largest absolute Gasteiger partial charge is 0.378 e. The average Bonchev–Trinajstić information content (AvgIpc) is 3.38. The average molecular weight is 446 g/mol. The van der Waals surface area contributed by atoms with Crippen molar-refractivity contribution in [1.82, 2.24) is 20.2 Å². The van der Waals surface area contributed by atoms with Gasteiger partial charge in [0.2, 0.25) is 0 Å². The zero-order chi connectivity index (χ0) is 22.8. The molecular formula is C25H27N5O3. The summed E-state index contributed by atoms with van der Waals surface area (Å²) in [7, 11) is 1.63. The van der Waals surface area contributed by atoms with Gasteiger partial charge in [0, 0.05) is 62.0 Å². The van der Waals surface area contributed by atoms with Crippen LogP contribution in [-0.4, -0.2) is 73.1 Å². The number of hydrogen-bond acceptors (Lipinski definition) is 6. The summed E-state index contributed by atoms with van der Waals surface area (Å²) in [6.07, 6.45) is 2.51. The molecule has 2 aromatic heterocycles. The van der Waals surface area contributed by atoms with E-state index in [-0.39, 0.29) is 17.7 Å². The van der Waals surface area contributed by atoms with Gasteiger partial charge in [-0.3, -0.25) is 14.6 Å². The molecule has 1 N–H and O–H groups in total. The van der Waals surface area contributed by atoms with Crippen LogP contribution in [0, 0.1) is 0 Å². The second kappa shape index (κ2) is 9.15. The number of benzene rings is 1. The van der Waals surface area contributed by atoms with Crippen LogP contribution in [0.4, 0.5) is 5.82 Å². The summed E-state index contributed by atoms with van der Waals surface area (Å²) >= 11 is 0. The molecule has 2 aliphatic rings. The molecule has 33 heavy (non-hydrogen) atoms. The number of likely N-dealkylation sites (tertiary alicyclic amines) is 1. The molecule has 1 aromatic carbocycles. The molecule has 1 unspecified atom stereocenters. The second-order valence-corrected chi connectivity index (χ2v) is 8.43. The fraction of sp³-hybridized carbons (Fsp3) is 0.360. The van der Waals surface area contributed by atoms with Gasteiger partial charge in [-0.15, -0.1) is 0 Å². The first kappa shape index (κ1) is 21.3. The van der Waals surface area contributed by atoms with Gasteiger partial charge in [-0.05, 0) is 30.7 Å². The van der Waals surface area contributed by atoms with E-state index in [9.17, 15) is 9.59 Å². The third kappa shape index (κ3) is 4.26. The van der Waals surface area contributed by atoms with Crippen LogP contribution in [0.15, 0.2) is 48.7 Å². The number of hydrogen-bond donors (Lipinski definition) is 1. The van der Waals surface area contributed by atoms with Crippen LogP contribution >= 0.6 is 0 Å². The Morgan fingerprint density at radius 2 is 1.91 bits per heavy atom. The highest BCUT2D eigenvalue weighted by Crippen LogP contribution is 2.30. The highest BCUT2D eigenvalue weighted by Gasteiger charge is 2.30. The molecule has 2 aliphatic heterocycles. The van der Waals surface area contributed by atoms with Crippen LogP contribution in [0.2, 0.25) is 0 Å². The third-order valence-corrected chi connectivity index (χ3v) is 6.43. The molecule has 2 fully saturated rings. The number of carbonyl (C=O) groups excluding carboxylic acids is 2. The van der Waals surface area contributed by atoms with Crippen LogP contribution in [0.3, 0.4) is 0 Å². The number of para-hydroxylation sites is 1.